The second-order valence-electron chi connectivity index (χ2n) is 4.56. The van der Waals surface area contributed by atoms with Gasteiger partial charge in [0.05, 0.1) is 6.04 Å². The standard InChI is InChI=1S/C15H16N2/c16-13-10-12-8-4-5-9-14(12)17-15(13)11-6-2-1-3-7-11/h1-9,13,15,17H,10,16H2/t13-,15-/m1/s1. The van der Waals surface area contributed by atoms with Crippen molar-refractivity contribution in [2.75, 3.05) is 5.32 Å². The van der Waals surface area contributed by atoms with Crippen LogP contribution in [-0.2, 0) is 6.42 Å². The van der Waals surface area contributed by atoms with Gasteiger partial charge in [-0.1, -0.05) is 48.5 Å². The van der Waals surface area contributed by atoms with Crippen LogP contribution < -0.4 is 11.1 Å². The summed E-state index contributed by atoms with van der Waals surface area (Å²) >= 11 is 0. The Hall–Kier alpha value is -1.80. The van der Waals surface area contributed by atoms with Gasteiger partial charge in [-0.2, -0.15) is 0 Å². The summed E-state index contributed by atoms with van der Waals surface area (Å²) in [6, 6.07) is 19.1. The molecule has 1 aliphatic rings. The summed E-state index contributed by atoms with van der Waals surface area (Å²) in [7, 11) is 0. The van der Waals surface area contributed by atoms with Crippen molar-refractivity contribution in [3.8, 4) is 0 Å². The van der Waals surface area contributed by atoms with E-state index in [1.54, 1.807) is 0 Å². The summed E-state index contributed by atoms with van der Waals surface area (Å²) in [5.41, 5.74) is 10.0. The molecule has 0 unspecified atom stereocenters. The van der Waals surface area contributed by atoms with Crippen LogP contribution in [0.5, 0.6) is 0 Å². The molecule has 0 aliphatic carbocycles. The second-order valence-corrected chi connectivity index (χ2v) is 4.56. The van der Waals surface area contributed by atoms with Crippen LogP contribution in [0.15, 0.2) is 54.6 Å². The molecule has 2 nitrogen and oxygen atoms in total. The minimum Gasteiger partial charge on any atom is -0.376 e. The molecule has 0 amide bonds. The van der Waals surface area contributed by atoms with Crippen LogP contribution in [0, 0.1) is 0 Å². The largest absolute Gasteiger partial charge is 0.376 e. The SMILES string of the molecule is N[C@@H]1Cc2ccccc2N[C@@H]1c1ccccc1. The van der Waals surface area contributed by atoms with Gasteiger partial charge in [-0.15, -0.1) is 0 Å². The molecule has 2 aromatic rings. The zero-order valence-corrected chi connectivity index (χ0v) is 9.64. The van der Waals surface area contributed by atoms with Gasteiger partial charge < -0.3 is 11.1 Å². The molecule has 0 aromatic heterocycles. The van der Waals surface area contributed by atoms with E-state index in [2.05, 4.69) is 53.8 Å². The second kappa shape index (κ2) is 4.22. The highest BCUT2D eigenvalue weighted by Crippen LogP contribution is 2.31. The van der Waals surface area contributed by atoms with Crippen molar-refractivity contribution in [2.24, 2.45) is 5.73 Å². The lowest BCUT2D eigenvalue weighted by molar-refractivity contribution is 0.556. The van der Waals surface area contributed by atoms with Crippen molar-refractivity contribution in [1.29, 1.82) is 0 Å². The molecule has 0 saturated heterocycles. The first-order chi connectivity index (χ1) is 8.34. The van der Waals surface area contributed by atoms with Crippen LogP contribution in [0.25, 0.3) is 0 Å². The van der Waals surface area contributed by atoms with Gasteiger partial charge in [-0.3, -0.25) is 0 Å². The highest BCUT2D eigenvalue weighted by atomic mass is 15.0. The zero-order valence-electron chi connectivity index (χ0n) is 9.64. The fourth-order valence-electron chi connectivity index (χ4n) is 2.48. The molecule has 2 heteroatoms. The first-order valence-electron chi connectivity index (χ1n) is 5.99. The van der Waals surface area contributed by atoms with E-state index in [1.165, 1.54) is 16.8 Å². The van der Waals surface area contributed by atoms with Gasteiger partial charge in [0.15, 0.2) is 0 Å². The number of rotatable bonds is 1. The Morgan fingerprint density at radius 3 is 2.47 bits per heavy atom. The Kier molecular flexibility index (Phi) is 2.57. The highest BCUT2D eigenvalue weighted by Gasteiger charge is 2.25. The number of para-hydroxylation sites is 1. The number of anilines is 1. The molecule has 1 aliphatic heterocycles. The van der Waals surface area contributed by atoms with Crippen molar-refractivity contribution in [3.05, 3.63) is 65.7 Å². The van der Waals surface area contributed by atoms with E-state index < -0.39 is 0 Å². The molecule has 0 spiro atoms. The highest BCUT2D eigenvalue weighted by molar-refractivity contribution is 5.56. The lowest BCUT2D eigenvalue weighted by Crippen LogP contribution is -2.38. The number of hydrogen-bond acceptors (Lipinski definition) is 2. The van der Waals surface area contributed by atoms with Crippen molar-refractivity contribution >= 4 is 5.69 Å². The molecule has 3 N–H and O–H groups in total. The maximum Gasteiger partial charge on any atom is 0.0668 e. The van der Waals surface area contributed by atoms with E-state index in [9.17, 15) is 0 Å². The van der Waals surface area contributed by atoms with Gasteiger partial charge in [0.2, 0.25) is 0 Å². The Morgan fingerprint density at radius 2 is 1.65 bits per heavy atom. The van der Waals surface area contributed by atoms with E-state index in [0.29, 0.717) is 0 Å². The Bertz CT molecular complexity index is 507. The maximum atomic E-state index is 6.26. The van der Waals surface area contributed by atoms with Gasteiger partial charge in [0.25, 0.3) is 0 Å². The molecule has 0 saturated carbocycles. The minimum atomic E-state index is 0.132. The monoisotopic (exact) mass is 224 g/mol. The van der Waals surface area contributed by atoms with Gasteiger partial charge in [-0.05, 0) is 23.6 Å². The third-order valence-corrected chi connectivity index (χ3v) is 3.37. The average molecular weight is 224 g/mol. The molecule has 2 aromatic carbocycles. The molecule has 0 radical (unpaired) electrons. The van der Waals surface area contributed by atoms with Crippen LogP contribution in [0.3, 0.4) is 0 Å². The van der Waals surface area contributed by atoms with E-state index in [1.807, 2.05) is 6.07 Å². The fraction of sp³-hybridized carbons (Fsp3) is 0.200. The quantitative estimate of drug-likeness (QED) is 0.781. The van der Waals surface area contributed by atoms with E-state index >= 15 is 0 Å². The van der Waals surface area contributed by atoms with Gasteiger partial charge in [0.1, 0.15) is 0 Å². The Balaban J connectivity index is 1.95. The summed E-state index contributed by atoms with van der Waals surface area (Å²) in [5.74, 6) is 0. The third-order valence-electron chi connectivity index (χ3n) is 3.37. The first-order valence-corrected chi connectivity index (χ1v) is 5.99. The van der Waals surface area contributed by atoms with Crippen LogP contribution in [0.1, 0.15) is 17.2 Å². The maximum absolute atomic E-state index is 6.26. The van der Waals surface area contributed by atoms with Crippen molar-refractivity contribution < 1.29 is 0 Å². The normalized spacial score (nSPS) is 22.6. The van der Waals surface area contributed by atoms with Gasteiger partial charge in [0, 0.05) is 11.7 Å². The summed E-state index contributed by atoms with van der Waals surface area (Å²) in [6.45, 7) is 0. The lowest BCUT2D eigenvalue weighted by Gasteiger charge is -2.32. The van der Waals surface area contributed by atoms with Crippen LogP contribution in [-0.4, -0.2) is 6.04 Å². The van der Waals surface area contributed by atoms with Crippen LogP contribution in [0.4, 0.5) is 5.69 Å². The summed E-state index contributed by atoms with van der Waals surface area (Å²) in [5, 5.41) is 3.54. The number of fused-ring (bicyclic) bond motifs is 1. The number of nitrogens with one attached hydrogen (secondary N) is 1. The van der Waals surface area contributed by atoms with Gasteiger partial charge >= 0.3 is 0 Å². The molecule has 17 heavy (non-hydrogen) atoms. The van der Waals surface area contributed by atoms with Crippen LogP contribution in [0.2, 0.25) is 0 Å². The summed E-state index contributed by atoms with van der Waals surface area (Å²) < 4.78 is 0. The van der Waals surface area contributed by atoms with E-state index in [4.69, 9.17) is 5.73 Å². The van der Waals surface area contributed by atoms with E-state index in [0.717, 1.165) is 6.42 Å². The summed E-state index contributed by atoms with van der Waals surface area (Å²) in [4.78, 5) is 0. The Labute approximate surface area is 101 Å². The molecule has 3 rings (SSSR count). The number of hydrogen-bond donors (Lipinski definition) is 2. The minimum absolute atomic E-state index is 0.132. The Morgan fingerprint density at radius 1 is 0.941 bits per heavy atom. The fourth-order valence-corrected chi connectivity index (χ4v) is 2.48. The number of benzene rings is 2. The lowest BCUT2D eigenvalue weighted by atomic mass is 9.89. The average Bonchev–Trinajstić information content (AvgIpc) is 2.39. The van der Waals surface area contributed by atoms with Crippen molar-refractivity contribution in [1.82, 2.24) is 0 Å². The first kappa shape index (κ1) is 10.4. The smallest absolute Gasteiger partial charge is 0.0668 e. The number of nitrogens with two attached hydrogens (primary N) is 1. The molecular formula is C15H16N2. The third kappa shape index (κ3) is 1.92. The van der Waals surface area contributed by atoms with E-state index in [-0.39, 0.29) is 12.1 Å². The topological polar surface area (TPSA) is 38.0 Å². The predicted molar refractivity (Wildman–Crippen MR) is 70.9 cm³/mol. The van der Waals surface area contributed by atoms with Crippen LogP contribution >= 0.6 is 0 Å². The molecule has 0 fully saturated rings. The van der Waals surface area contributed by atoms with Gasteiger partial charge in [-0.25, -0.2) is 0 Å². The zero-order chi connectivity index (χ0) is 11.7. The summed E-state index contributed by atoms with van der Waals surface area (Å²) in [6.07, 6.45) is 0.933. The van der Waals surface area contributed by atoms with Crippen molar-refractivity contribution in [3.63, 3.8) is 0 Å². The van der Waals surface area contributed by atoms with Crippen molar-refractivity contribution in [2.45, 2.75) is 18.5 Å². The molecule has 2 atom stereocenters. The molecule has 0 bridgehead atoms. The predicted octanol–water partition coefficient (Wildman–Crippen LogP) is 2.72. The molecule has 1 heterocycles. The molecule has 86 valence electrons. The molecular weight excluding hydrogens is 208 g/mol.